The fraction of sp³-hybridized carbons (Fsp3) is 0.515. The number of piperidine rings is 1. The molecule has 2 aliphatic carbocycles. The number of rotatable bonds is 5. The molecule has 2 aromatic rings. The SMILES string of the molecule is COc1ccc2c3c1O[C@H]1[C@@H](N(CC(C)C)C(=O)C#Cc4ccccc4)CC[C@@]4(OC(C)=O)[C@@H](C2)N(C)CC[C@]314. The van der Waals surface area contributed by atoms with E-state index in [4.69, 9.17) is 14.2 Å². The maximum atomic E-state index is 13.9. The van der Waals surface area contributed by atoms with Crippen LogP contribution in [0, 0.1) is 17.8 Å². The fourth-order valence-corrected chi connectivity index (χ4v) is 8.11. The summed E-state index contributed by atoms with van der Waals surface area (Å²) in [5, 5.41) is 0. The van der Waals surface area contributed by atoms with Crippen LogP contribution in [0.2, 0.25) is 0 Å². The van der Waals surface area contributed by atoms with Crippen LogP contribution in [0.25, 0.3) is 0 Å². The van der Waals surface area contributed by atoms with E-state index < -0.39 is 11.0 Å². The number of carbonyl (C=O) groups is 2. The molecule has 7 nitrogen and oxygen atoms in total. The third kappa shape index (κ3) is 3.83. The van der Waals surface area contributed by atoms with Gasteiger partial charge >= 0.3 is 5.97 Å². The molecule has 2 bridgehead atoms. The predicted molar refractivity (Wildman–Crippen MR) is 151 cm³/mol. The number of hydrogen-bond acceptors (Lipinski definition) is 6. The predicted octanol–water partition coefficient (Wildman–Crippen LogP) is 3.95. The summed E-state index contributed by atoms with van der Waals surface area (Å²) < 4.78 is 19.2. The first-order valence-corrected chi connectivity index (χ1v) is 14.4. The summed E-state index contributed by atoms with van der Waals surface area (Å²) in [6.07, 6.45) is 2.46. The van der Waals surface area contributed by atoms with Crippen LogP contribution in [0.15, 0.2) is 42.5 Å². The first kappa shape index (κ1) is 26.7. The molecule has 0 radical (unpaired) electrons. The van der Waals surface area contributed by atoms with Gasteiger partial charge in [0.2, 0.25) is 0 Å². The lowest BCUT2D eigenvalue weighted by Gasteiger charge is -2.65. The van der Waals surface area contributed by atoms with Crippen molar-refractivity contribution in [2.45, 2.75) is 75.7 Å². The monoisotopic (exact) mass is 542 g/mol. The number of likely N-dealkylation sites (tertiary alicyclic amines) is 1. The molecule has 1 saturated heterocycles. The van der Waals surface area contributed by atoms with Crippen molar-refractivity contribution < 1.29 is 23.8 Å². The van der Waals surface area contributed by atoms with Crippen molar-refractivity contribution in [3.05, 3.63) is 59.2 Å². The molecule has 2 aromatic carbocycles. The summed E-state index contributed by atoms with van der Waals surface area (Å²) in [4.78, 5) is 30.9. The van der Waals surface area contributed by atoms with Crippen molar-refractivity contribution in [2.75, 3.05) is 27.2 Å². The highest BCUT2D eigenvalue weighted by atomic mass is 16.6. The van der Waals surface area contributed by atoms with Crippen molar-refractivity contribution >= 4 is 11.9 Å². The zero-order chi connectivity index (χ0) is 28.2. The maximum absolute atomic E-state index is 13.9. The second-order valence-electron chi connectivity index (χ2n) is 12.1. The number of hydrogen-bond donors (Lipinski definition) is 0. The minimum atomic E-state index is -0.750. The number of ether oxygens (including phenoxy) is 3. The van der Waals surface area contributed by atoms with Gasteiger partial charge in [-0.1, -0.05) is 44.0 Å². The van der Waals surface area contributed by atoms with Crippen molar-refractivity contribution in [3.63, 3.8) is 0 Å². The first-order valence-electron chi connectivity index (χ1n) is 14.4. The minimum Gasteiger partial charge on any atom is -0.493 e. The topological polar surface area (TPSA) is 68.3 Å². The number of nitrogens with zero attached hydrogens (tertiary/aromatic N) is 2. The van der Waals surface area contributed by atoms with Gasteiger partial charge in [0.05, 0.1) is 24.6 Å². The van der Waals surface area contributed by atoms with Crippen molar-refractivity contribution in [1.82, 2.24) is 9.80 Å². The third-order valence-electron chi connectivity index (χ3n) is 9.50. The maximum Gasteiger partial charge on any atom is 0.303 e. The third-order valence-corrected chi connectivity index (χ3v) is 9.50. The molecule has 1 amide bonds. The van der Waals surface area contributed by atoms with Gasteiger partial charge < -0.3 is 19.1 Å². The molecular formula is C33H38N2O5. The Kier molecular flexibility index (Phi) is 6.58. The number of methoxy groups -OCH3 is 1. The van der Waals surface area contributed by atoms with E-state index in [1.165, 1.54) is 12.5 Å². The second kappa shape index (κ2) is 9.85. The lowest BCUT2D eigenvalue weighted by atomic mass is 9.48. The van der Waals surface area contributed by atoms with E-state index in [1.807, 2.05) is 41.3 Å². The Morgan fingerprint density at radius 3 is 2.65 bits per heavy atom. The molecule has 210 valence electrons. The molecule has 1 saturated carbocycles. The molecule has 2 fully saturated rings. The van der Waals surface area contributed by atoms with Crippen LogP contribution in [-0.4, -0.2) is 72.7 Å². The molecular weight excluding hydrogens is 504 g/mol. The molecule has 5 atom stereocenters. The van der Waals surface area contributed by atoms with E-state index in [1.54, 1.807) is 7.11 Å². The van der Waals surface area contributed by atoms with Gasteiger partial charge in [0, 0.05) is 30.5 Å². The van der Waals surface area contributed by atoms with Gasteiger partial charge in [-0.15, -0.1) is 0 Å². The summed E-state index contributed by atoms with van der Waals surface area (Å²) in [6, 6.07) is 13.5. The van der Waals surface area contributed by atoms with Crippen LogP contribution in [0.4, 0.5) is 0 Å². The summed E-state index contributed by atoms with van der Waals surface area (Å²) in [6.45, 7) is 7.16. The summed E-state index contributed by atoms with van der Waals surface area (Å²) in [5.41, 5.74) is 1.79. The van der Waals surface area contributed by atoms with Gasteiger partial charge in [-0.05, 0) is 69.0 Å². The summed E-state index contributed by atoms with van der Waals surface area (Å²) in [7, 11) is 3.79. The standard InChI is InChI=1S/C33H38N2O5/c1-21(2)20-35(28(37)14-11-23-9-7-6-8-10-23)25-15-16-33(40-22(3)36)27-19-24-12-13-26(38-5)30-29(24)32(33,31(25)39-30)17-18-34(27)4/h6-10,12-13,21,25,27,31H,15-20H2,1-5H3/t25-,27+,31-,32-,33+/m0/s1. The van der Waals surface area contributed by atoms with Gasteiger partial charge in [0.15, 0.2) is 11.5 Å². The Bertz CT molecular complexity index is 1390. The Morgan fingerprint density at radius 1 is 1.18 bits per heavy atom. The Hall–Kier alpha value is -3.50. The van der Waals surface area contributed by atoms with Crippen LogP contribution in [0.1, 0.15) is 56.7 Å². The normalized spacial score (nSPS) is 29.5. The average Bonchev–Trinajstić information content (AvgIpc) is 3.28. The van der Waals surface area contributed by atoms with Crippen LogP contribution in [0.3, 0.4) is 0 Å². The number of carbonyl (C=O) groups excluding carboxylic acids is 2. The van der Waals surface area contributed by atoms with E-state index in [0.717, 1.165) is 36.3 Å². The quantitative estimate of drug-likeness (QED) is 0.421. The number of benzene rings is 2. The fourth-order valence-electron chi connectivity index (χ4n) is 8.11. The van der Waals surface area contributed by atoms with E-state index in [0.29, 0.717) is 25.1 Å². The van der Waals surface area contributed by atoms with E-state index in [-0.39, 0.29) is 36.0 Å². The van der Waals surface area contributed by atoms with Crippen molar-refractivity contribution in [1.29, 1.82) is 0 Å². The molecule has 0 aromatic heterocycles. The molecule has 40 heavy (non-hydrogen) atoms. The molecule has 1 spiro atoms. The van der Waals surface area contributed by atoms with Gasteiger partial charge in [-0.25, -0.2) is 0 Å². The summed E-state index contributed by atoms with van der Waals surface area (Å²) in [5.74, 6) is 7.17. The van der Waals surface area contributed by atoms with Gasteiger partial charge in [0.1, 0.15) is 11.7 Å². The Labute approximate surface area is 236 Å². The molecule has 0 unspecified atom stereocenters. The minimum absolute atomic E-state index is 0.0242. The highest BCUT2D eigenvalue weighted by Crippen LogP contribution is 2.67. The number of esters is 1. The molecule has 4 aliphatic rings. The highest BCUT2D eigenvalue weighted by Gasteiger charge is 2.75. The van der Waals surface area contributed by atoms with Gasteiger partial charge in [-0.2, -0.15) is 0 Å². The van der Waals surface area contributed by atoms with Crippen molar-refractivity contribution in [2.24, 2.45) is 5.92 Å². The smallest absolute Gasteiger partial charge is 0.303 e. The number of amides is 1. The van der Waals surface area contributed by atoms with Crippen LogP contribution >= 0.6 is 0 Å². The van der Waals surface area contributed by atoms with Crippen molar-refractivity contribution in [3.8, 4) is 23.3 Å². The number of likely N-dealkylation sites (N-methyl/N-ethyl adjacent to an activating group) is 1. The molecule has 2 heterocycles. The van der Waals surface area contributed by atoms with Gasteiger partial charge in [0.25, 0.3) is 5.91 Å². The van der Waals surface area contributed by atoms with E-state index in [9.17, 15) is 9.59 Å². The van der Waals surface area contributed by atoms with E-state index >= 15 is 0 Å². The Balaban J connectivity index is 1.50. The first-order chi connectivity index (χ1) is 19.2. The summed E-state index contributed by atoms with van der Waals surface area (Å²) >= 11 is 0. The molecule has 0 N–H and O–H groups in total. The highest BCUT2D eigenvalue weighted by molar-refractivity contribution is 5.94. The molecule has 2 aliphatic heterocycles. The zero-order valence-corrected chi connectivity index (χ0v) is 24.0. The zero-order valence-electron chi connectivity index (χ0n) is 24.0. The largest absolute Gasteiger partial charge is 0.493 e. The van der Waals surface area contributed by atoms with Crippen LogP contribution < -0.4 is 9.47 Å². The van der Waals surface area contributed by atoms with Gasteiger partial charge in [-0.3, -0.25) is 14.5 Å². The lowest BCUT2D eigenvalue weighted by Crippen LogP contribution is -2.79. The van der Waals surface area contributed by atoms with Crippen LogP contribution in [0.5, 0.6) is 11.5 Å². The average molecular weight is 543 g/mol. The Morgan fingerprint density at radius 2 is 1.95 bits per heavy atom. The molecule has 6 rings (SSSR count). The second-order valence-corrected chi connectivity index (χ2v) is 12.1. The molecule has 7 heteroatoms. The lowest BCUT2D eigenvalue weighted by molar-refractivity contribution is -0.221. The van der Waals surface area contributed by atoms with E-state index in [2.05, 4.69) is 43.7 Å². The van der Waals surface area contributed by atoms with Crippen LogP contribution in [-0.2, 0) is 26.2 Å².